The van der Waals surface area contributed by atoms with E-state index in [1.165, 1.54) is 5.56 Å². The fraction of sp³-hybridized carbons (Fsp3) is 0.571. The molecule has 0 bridgehead atoms. The molecular formula is C14H22O4S. The topological polar surface area (TPSA) is 63.6 Å². The van der Waals surface area contributed by atoms with Crippen LogP contribution in [0.3, 0.4) is 0 Å². The summed E-state index contributed by atoms with van der Waals surface area (Å²) in [5.74, 6) is 1.06. The van der Waals surface area contributed by atoms with E-state index in [2.05, 4.69) is 0 Å². The molecule has 0 aliphatic heterocycles. The third kappa shape index (κ3) is 7.18. The molecule has 0 amide bonds. The maximum Gasteiger partial charge on any atom is 0.150 e. The Morgan fingerprint density at radius 3 is 2.32 bits per heavy atom. The Morgan fingerprint density at radius 1 is 1.05 bits per heavy atom. The largest absolute Gasteiger partial charge is 0.494 e. The fourth-order valence-corrected chi connectivity index (χ4v) is 3.05. The number of aliphatic hydroxyl groups is 1. The summed E-state index contributed by atoms with van der Waals surface area (Å²) in [7, 11) is -3.01. The Kier molecular flexibility index (Phi) is 6.87. The lowest BCUT2D eigenvalue weighted by atomic mass is 10.2. The lowest BCUT2D eigenvalue weighted by Gasteiger charge is -2.06. The molecule has 0 atom stereocenters. The molecule has 19 heavy (non-hydrogen) atoms. The predicted octanol–water partition coefficient (Wildman–Crippen LogP) is 1.95. The highest BCUT2D eigenvalue weighted by molar-refractivity contribution is 7.91. The van der Waals surface area contributed by atoms with Gasteiger partial charge in [-0.1, -0.05) is 17.7 Å². The SMILES string of the molecule is Cc1ccc(OCCCCS(=O)(=O)CCCO)cc1. The van der Waals surface area contributed by atoms with Crippen molar-refractivity contribution in [2.24, 2.45) is 0 Å². The van der Waals surface area contributed by atoms with Crippen LogP contribution in [0.1, 0.15) is 24.8 Å². The Balaban J connectivity index is 2.16. The molecule has 0 unspecified atom stereocenters. The molecule has 0 radical (unpaired) electrons. The van der Waals surface area contributed by atoms with Crippen LogP contribution in [0.15, 0.2) is 24.3 Å². The molecule has 0 aliphatic rings. The monoisotopic (exact) mass is 286 g/mol. The van der Waals surface area contributed by atoms with Crippen LogP contribution in [0.2, 0.25) is 0 Å². The molecule has 0 aromatic heterocycles. The number of ether oxygens (including phenoxy) is 1. The van der Waals surface area contributed by atoms with Gasteiger partial charge in [0.2, 0.25) is 0 Å². The zero-order valence-electron chi connectivity index (χ0n) is 11.3. The van der Waals surface area contributed by atoms with Gasteiger partial charge >= 0.3 is 0 Å². The summed E-state index contributed by atoms with van der Waals surface area (Å²) in [5, 5.41) is 8.60. The number of sulfone groups is 1. The summed E-state index contributed by atoms with van der Waals surface area (Å²) in [4.78, 5) is 0. The minimum Gasteiger partial charge on any atom is -0.494 e. The number of rotatable bonds is 9. The van der Waals surface area contributed by atoms with Gasteiger partial charge < -0.3 is 9.84 Å². The van der Waals surface area contributed by atoms with E-state index in [0.717, 1.165) is 5.75 Å². The summed E-state index contributed by atoms with van der Waals surface area (Å²) < 4.78 is 28.5. The van der Waals surface area contributed by atoms with Crippen LogP contribution in [0, 0.1) is 6.92 Å². The van der Waals surface area contributed by atoms with Gasteiger partial charge in [0, 0.05) is 6.61 Å². The maximum atomic E-state index is 11.5. The predicted molar refractivity (Wildman–Crippen MR) is 76.3 cm³/mol. The zero-order chi connectivity index (χ0) is 14.1. The van der Waals surface area contributed by atoms with Crippen LogP contribution in [0.4, 0.5) is 0 Å². The third-order valence-electron chi connectivity index (χ3n) is 2.75. The Morgan fingerprint density at radius 2 is 1.68 bits per heavy atom. The lowest BCUT2D eigenvalue weighted by Crippen LogP contribution is -2.13. The first-order valence-electron chi connectivity index (χ1n) is 6.54. The molecule has 1 rings (SSSR count). The quantitative estimate of drug-likeness (QED) is 0.705. The van der Waals surface area contributed by atoms with E-state index in [0.29, 0.717) is 25.9 Å². The molecule has 0 fully saturated rings. The fourth-order valence-electron chi connectivity index (χ4n) is 1.64. The highest BCUT2D eigenvalue weighted by atomic mass is 32.2. The van der Waals surface area contributed by atoms with Crippen LogP contribution >= 0.6 is 0 Å². The van der Waals surface area contributed by atoms with Gasteiger partial charge in [0.25, 0.3) is 0 Å². The van der Waals surface area contributed by atoms with Crippen molar-refractivity contribution in [1.29, 1.82) is 0 Å². The molecule has 1 aromatic rings. The summed E-state index contributed by atoms with van der Waals surface area (Å²) in [6.45, 7) is 2.47. The maximum absolute atomic E-state index is 11.5. The average Bonchev–Trinajstić information content (AvgIpc) is 2.38. The van der Waals surface area contributed by atoms with E-state index in [1.54, 1.807) is 0 Å². The van der Waals surface area contributed by atoms with Crippen molar-refractivity contribution < 1.29 is 18.3 Å². The number of hydrogen-bond donors (Lipinski definition) is 1. The number of benzene rings is 1. The minimum absolute atomic E-state index is 0.0717. The van der Waals surface area contributed by atoms with Crippen molar-refractivity contribution in [3.8, 4) is 5.75 Å². The Labute approximate surface area is 115 Å². The van der Waals surface area contributed by atoms with Gasteiger partial charge in [-0.2, -0.15) is 0 Å². The van der Waals surface area contributed by atoms with Crippen LogP contribution in [-0.2, 0) is 9.84 Å². The van der Waals surface area contributed by atoms with Gasteiger partial charge in [-0.25, -0.2) is 8.42 Å². The molecule has 108 valence electrons. The second-order valence-corrected chi connectivity index (χ2v) is 6.90. The molecule has 0 saturated carbocycles. The van der Waals surface area contributed by atoms with Crippen molar-refractivity contribution in [3.05, 3.63) is 29.8 Å². The second-order valence-electron chi connectivity index (χ2n) is 4.60. The van der Waals surface area contributed by atoms with Gasteiger partial charge in [0.15, 0.2) is 0 Å². The molecular weight excluding hydrogens is 264 g/mol. The van der Waals surface area contributed by atoms with Crippen LogP contribution in [0.5, 0.6) is 5.75 Å². The zero-order valence-corrected chi connectivity index (χ0v) is 12.2. The molecule has 4 nitrogen and oxygen atoms in total. The van der Waals surface area contributed by atoms with E-state index in [1.807, 2.05) is 31.2 Å². The summed E-state index contributed by atoms with van der Waals surface area (Å²) in [5.41, 5.74) is 1.18. The molecule has 0 spiro atoms. The van der Waals surface area contributed by atoms with Gasteiger partial charge in [-0.15, -0.1) is 0 Å². The highest BCUT2D eigenvalue weighted by Gasteiger charge is 2.09. The van der Waals surface area contributed by atoms with E-state index < -0.39 is 9.84 Å². The van der Waals surface area contributed by atoms with E-state index in [9.17, 15) is 8.42 Å². The highest BCUT2D eigenvalue weighted by Crippen LogP contribution is 2.12. The molecule has 1 aromatic carbocycles. The van der Waals surface area contributed by atoms with Gasteiger partial charge in [0.05, 0.1) is 18.1 Å². The Bertz CT molecular complexity index is 451. The van der Waals surface area contributed by atoms with Gasteiger partial charge in [0.1, 0.15) is 15.6 Å². The van der Waals surface area contributed by atoms with Crippen molar-refractivity contribution >= 4 is 9.84 Å². The minimum atomic E-state index is -3.01. The van der Waals surface area contributed by atoms with Crippen molar-refractivity contribution in [2.45, 2.75) is 26.2 Å². The van der Waals surface area contributed by atoms with Gasteiger partial charge in [-0.3, -0.25) is 0 Å². The first kappa shape index (κ1) is 16.0. The number of hydrogen-bond acceptors (Lipinski definition) is 4. The smallest absolute Gasteiger partial charge is 0.150 e. The second kappa shape index (κ2) is 8.17. The first-order chi connectivity index (χ1) is 9.03. The van der Waals surface area contributed by atoms with Crippen molar-refractivity contribution in [2.75, 3.05) is 24.7 Å². The Hall–Kier alpha value is -1.07. The number of aliphatic hydroxyl groups excluding tert-OH is 1. The van der Waals surface area contributed by atoms with Gasteiger partial charge in [-0.05, 0) is 38.3 Å². The number of aryl methyl sites for hydroxylation is 1. The third-order valence-corrected chi connectivity index (χ3v) is 4.57. The van der Waals surface area contributed by atoms with Crippen LogP contribution < -0.4 is 4.74 Å². The summed E-state index contributed by atoms with van der Waals surface area (Å²) >= 11 is 0. The van der Waals surface area contributed by atoms with E-state index in [4.69, 9.17) is 9.84 Å². The van der Waals surface area contributed by atoms with E-state index >= 15 is 0 Å². The summed E-state index contributed by atoms with van der Waals surface area (Å²) in [6.07, 6.45) is 1.63. The average molecular weight is 286 g/mol. The molecule has 5 heteroatoms. The molecule has 1 N–H and O–H groups in total. The summed E-state index contributed by atoms with van der Waals surface area (Å²) in [6, 6.07) is 7.78. The van der Waals surface area contributed by atoms with Crippen LogP contribution in [-0.4, -0.2) is 38.2 Å². The van der Waals surface area contributed by atoms with Crippen LogP contribution in [0.25, 0.3) is 0 Å². The van der Waals surface area contributed by atoms with Crippen molar-refractivity contribution in [3.63, 3.8) is 0 Å². The first-order valence-corrected chi connectivity index (χ1v) is 8.36. The normalized spacial score (nSPS) is 11.5. The molecule has 0 saturated heterocycles. The standard InChI is InChI=1S/C14H22O4S/c1-13-5-7-14(8-6-13)18-10-2-3-11-19(16,17)12-4-9-15/h5-8,15H,2-4,9-12H2,1H3. The van der Waals surface area contributed by atoms with Crippen molar-refractivity contribution in [1.82, 2.24) is 0 Å². The van der Waals surface area contributed by atoms with E-state index in [-0.39, 0.29) is 18.1 Å². The number of unbranched alkanes of at least 4 members (excludes halogenated alkanes) is 1. The lowest BCUT2D eigenvalue weighted by molar-refractivity contribution is 0.295. The molecule has 0 heterocycles. The molecule has 0 aliphatic carbocycles.